The van der Waals surface area contributed by atoms with Crippen molar-refractivity contribution in [2.75, 3.05) is 33.4 Å². The fourth-order valence-corrected chi connectivity index (χ4v) is 3.75. The second-order valence-corrected chi connectivity index (χ2v) is 6.61. The van der Waals surface area contributed by atoms with Crippen molar-refractivity contribution in [3.05, 3.63) is 35.9 Å². The van der Waals surface area contributed by atoms with Crippen LogP contribution in [0.3, 0.4) is 0 Å². The summed E-state index contributed by atoms with van der Waals surface area (Å²) in [5.74, 6) is -1.91. The van der Waals surface area contributed by atoms with E-state index in [1.54, 1.807) is 0 Å². The number of benzene rings is 1. The summed E-state index contributed by atoms with van der Waals surface area (Å²) in [7, 11) is 1.24. The van der Waals surface area contributed by atoms with Crippen molar-refractivity contribution in [1.82, 2.24) is 4.90 Å². The molecule has 8 nitrogen and oxygen atoms in total. The third kappa shape index (κ3) is 3.54. The molecule has 2 aliphatic heterocycles. The number of hydrogen-bond donors (Lipinski definition) is 0. The van der Waals surface area contributed by atoms with Gasteiger partial charge in [0.1, 0.15) is 18.3 Å². The second kappa shape index (κ2) is 8.06. The number of rotatable bonds is 5. The summed E-state index contributed by atoms with van der Waals surface area (Å²) < 4.78 is 21.9. The summed E-state index contributed by atoms with van der Waals surface area (Å²) in [5.41, 5.74) is -0.571. The summed E-state index contributed by atoms with van der Waals surface area (Å²) in [5, 5.41) is 0. The number of carbonyl (C=O) groups excluding carboxylic acids is 3. The highest BCUT2D eigenvalue weighted by Crippen LogP contribution is 2.48. The molecule has 2 aliphatic rings. The van der Waals surface area contributed by atoms with E-state index in [-0.39, 0.29) is 32.5 Å². The standard InChI is InChI=1S/C19H23NO7/c1-24-16(22)18(8-10-21)14-20(9-7-19(18)26-11-12-27-19)17(23)25-13-15-5-3-2-4-6-15/h2-6,10H,7-9,11-14H2,1H3. The number of aldehydes is 1. The van der Waals surface area contributed by atoms with Crippen LogP contribution in [0.5, 0.6) is 0 Å². The van der Waals surface area contributed by atoms with Crippen molar-refractivity contribution in [2.24, 2.45) is 5.41 Å². The Balaban J connectivity index is 1.78. The molecule has 2 heterocycles. The molecule has 0 aliphatic carbocycles. The highest BCUT2D eigenvalue weighted by Gasteiger charge is 2.64. The summed E-state index contributed by atoms with van der Waals surface area (Å²) >= 11 is 0. The van der Waals surface area contributed by atoms with E-state index in [0.29, 0.717) is 19.5 Å². The van der Waals surface area contributed by atoms with Crippen LogP contribution in [-0.2, 0) is 35.1 Å². The first-order chi connectivity index (χ1) is 13.1. The average Bonchev–Trinajstić information content (AvgIpc) is 3.18. The Labute approximate surface area is 157 Å². The fourth-order valence-electron chi connectivity index (χ4n) is 3.75. The molecule has 0 radical (unpaired) electrons. The SMILES string of the molecule is COC(=O)C1(CC=O)CN(C(=O)OCc2ccccc2)CCC12OCCO2. The maximum atomic E-state index is 12.7. The number of nitrogens with zero attached hydrogens (tertiary/aromatic N) is 1. The van der Waals surface area contributed by atoms with E-state index in [1.165, 1.54) is 12.0 Å². The number of piperidine rings is 1. The van der Waals surface area contributed by atoms with Crippen LogP contribution in [0.2, 0.25) is 0 Å². The number of esters is 1. The van der Waals surface area contributed by atoms with Gasteiger partial charge in [0.05, 0.1) is 20.3 Å². The summed E-state index contributed by atoms with van der Waals surface area (Å²) in [6.07, 6.45) is 0.131. The Hall–Kier alpha value is -2.45. The largest absolute Gasteiger partial charge is 0.468 e. The predicted molar refractivity (Wildman–Crippen MR) is 92.6 cm³/mol. The van der Waals surface area contributed by atoms with E-state index in [0.717, 1.165) is 5.56 Å². The first-order valence-electron chi connectivity index (χ1n) is 8.82. The summed E-state index contributed by atoms with van der Waals surface area (Å²) in [4.78, 5) is 38.0. The molecule has 1 spiro atoms. The second-order valence-electron chi connectivity index (χ2n) is 6.61. The van der Waals surface area contributed by atoms with Gasteiger partial charge in [0.15, 0.2) is 5.79 Å². The fraction of sp³-hybridized carbons (Fsp3) is 0.526. The molecule has 2 fully saturated rings. The molecular formula is C19H23NO7. The van der Waals surface area contributed by atoms with Crippen LogP contribution in [0.15, 0.2) is 30.3 Å². The molecule has 1 unspecified atom stereocenters. The monoisotopic (exact) mass is 377 g/mol. The maximum Gasteiger partial charge on any atom is 0.410 e. The molecular weight excluding hydrogens is 354 g/mol. The Morgan fingerprint density at radius 1 is 1.22 bits per heavy atom. The zero-order valence-corrected chi connectivity index (χ0v) is 15.2. The molecule has 1 amide bonds. The molecule has 3 rings (SSSR count). The van der Waals surface area contributed by atoms with Gasteiger partial charge in [0.2, 0.25) is 0 Å². The van der Waals surface area contributed by atoms with Gasteiger partial charge >= 0.3 is 12.1 Å². The van der Waals surface area contributed by atoms with Crippen molar-refractivity contribution in [3.63, 3.8) is 0 Å². The zero-order valence-electron chi connectivity index (χ0n) is 15.2. The Morgan fingerprint density at radius 2 is 1.93 bits per heavy atom. The van der Waals surface area contributed by atoms with Gasteiger partial charge in [-0.3, -0.25) is 4.79 Å². The molecule has 0 N–H and O–H groups in total. The van der Waals surface area contributed by atoms with Crippen molar-refractivity contribution >= 4 is 18.3 Å². The number of methoxy groups -OCH3 is 1. The van der Waals surface area contributed by atoms with Crippen molar-refractivity contribution in [3.8, 4) is 0 Å². The molecule has 0 saturated carbocycles. The minimum atomic E-state index is -1.43. The van der Waals surface area contributed by atoms with Crippen LogP contribution in [0, 0.1) is 5.41 Å². The van der Waals surface area contributed by atoms with E-state index >= 15 is 0 Å². The van der Waals surface area contributed by atoms with Gasteiger partial charge in [-0.1, -0.05) is 30.3 Å². The van der Waals surface area contributed by atoms with Crippen LogP contribution in [0.4, 0.5) is 4.79 Å². The van der Waals surface area contributed by atoms with Crippen LogP contribution < -0.4 is 0 Å². The molecule has 146 valence electrons. The lowest BCUT2D eigenvalue weighted by Gasteiger charge is -2.49. The highest BCUT2D eigenvalue weighted by molar-refractivity contribution is 5.83. The number of carbonyl (C=O) groups is 3. The Morgan fingerprint density at radius 3 is 2.56 bits per heavy atom. The average molecular weight is 377 g/mol. The maximum absolute atomic E-state index is 12.7. The van der Waals surface area contributed by atoms with Gasteiger partial charge in [-0.15, -0.1) is 0 Å². The van der Waals surface area contributed by atoms with Gasteiger partial charge in [-0.25, -0.2) is 4.79 Å². The molecule has 0 bridgehead atoms. The highest BCUT2D eigenvalue weighted by atomic mass is 16.7. The van der Waals surface area contributed by atoms with E-state index in [4.69, 9.17) is 18.9 Å². The number of ether oxygens (including phenoxy) is 4. The lowest BCUT2D eigenvalue weighted by molar-refractivity contribution is -0.263. The van der Waals surface area contributed by atoms with Crippen molar-refractivity contribution in [1.29, 1.82) is 0 Å². The first kappa shape index (κ1) is 19.3. The van der Waals surface area contributed by atoms with E-state index in [1.807, 2.05) is 30.3 Å². The Bertz CT molecular complexity index is 687. The number of hydrogen-bond acceptors (Lipinski definition) is 7. The minimum absolute atomic E-state index is 0.0773. The van der Waals surface area contributed by atoms with Crippen LogP contribution >= 0.6 is 0 Å². The smallest absolute Gasteiger partial charge is 0.410 e. The third-order valence-electron chi connectivity index (χ3n) is 5.13. The topological polar surface area (TPSA) is 91.4 Å². The number of likely N-dealkylation sites (tertiary alicyclic amines) is 1. The zero-order chi connectivity index (χ0) is 19.3. The van der Waals surface area contributed by atoms with Crippen LogP contribution in [-0.4, -0.2) is 62.4 Å². The lowest BCUT2D eigenvalue weighted by atomic mass is 9.72. The third-order valence-corrected chi connectivity index (χ3v) is 5.13. The first-order valence-corrected chi connectivity index (χ1v) is 8.82. The molecule has 8 heteroatoms. The predicted octanol–water partition coefficient (Wildman–Crippen LogP) is 1.52. The van der Waals surface area contributed by atoms with Gasteiger partial charge in [-0.2, -0.15) is 0 Å². The molecule has 27 heavy (non-hydrogen) atoms. The van der Waals surface area contributed by atoms with Crippen molar-refractivity contribution < 1.29 is 33.3 Å². The molecule has 1 aromatic carbocycles. The van der Waals surface area contributed by atoms with Gasteiger partial charge in [0, 0.05) is 25.9 Å². The van der Waals surface area contributed by atoms with Gasteiger partial charge in [-0.05, 0) is 5.56 Å². The summed E-state index contributed by atoms with van der Waals surface area (Å²) in [6.45, 7) is 0.955. The van der Waals surface area contributed by atoms with E-state index < -0.39 is 23.3 Å². The van der Waals surface area contributed by atoms with E-state index in [9.17, 15) is 14.4 Å². The molecule has 0 aromatic heterocycles. The van der Waals surface area contributed by atoms with Crippen LogP contribution in [0.1, 0.15) is 18.4 Å². The lowest BCUT2D eigenvalue weighted by Crippen LogP contribution is -2.65. The quantitative estimate of drug-likeness (QED) is 0.567. The summed E-state index contributed by atoms with van der Waals surface area (Å²) in [6, 6.07) is 9.29. The molecule has 1 atom stereocenters. The van der Waals surface area contributed by atoms with Crippen molar-refractivity contribution in [2.45, 2.75) is 25.2 Å². The van der Waals surface area contributed by atoms with Crippen LogP contribution in [0.25, 0.3) is 0 Å². The molecule has 1 aromatic rings. The van der Waals surface area contributed by atoms with Gasteiger partial charge < -0.3 is 28.6 Å². The molecule has 2 saturated heterocycles. The normalized spacial score (nSPS) is 23.8. The minimum Gasteiger partial charge on any atom is -0.468 e. The Kier molecular flexibility index (Phi) is 5.76. The number of amides is 1. The van der Waals surface area contributed by atoms with Gasteiger partial charge in [0.25, 0.3) is 0 Å². The van der Waals surface area contributed by atoms with E-state index in [2.05, 4.69) is 0 Å².